The minimum atomic E-state index is -1.04. The molecule has 3 aromatic rings. The molecule has 0 bridgehead atoms. The Morgan fingerprint density at radius 3 is 2.46 bits per heavy atom. The Bertz CT molecular complexity index is 1010. The maximum Gasteiger partial charge on any atom is 0.337 e. The van der Waals surface area contributed by atoms with Gasteiger partial charge in [-0.25, -0.2) is 4.79 Å². The Morgan fingerprint density at radius 2 is 1.85 bits per heavy atom. The number of aromatic nitrogens is 1. The lowest BCUT2D eigenvalue weighted by Gasteiger charge is -2.11. The van der Waals surface area contributed by atoms with Gasteiger partial charge in [-0.3, -0.25) is 4.99 Å². The second-order valence-corrected chi connectivity index (χ2v) is 7.19. The predicted octanol–water partition coefficient (Wildman–Crippen LogP) is 5.96. The summed E-state index contributed by atoms with van der Waals surface area (Å²) < 4.78 is 3.04. The molecule has 0 aliphatic carbocycles. The number of rotatable bonds is 4. The predicted molar refractivity (Wildman–Crippen MR) is 109 cm³/mol. The summed E-state index contributed by atoms with van der Waals surface area (Å²) in [5, 5.41) is 9.34. The van der Waals surface area contributed by atoms with E-state index in [-0.39, 0.29) is 10.6 Å². The van der Waals surface area contributed by atoms with Gasteiger partial charge < -0.3 is 9.67 Å². The standard InChI is InChI=1S/C20H16BrClN2O2/c1-12-9-14(11-23-16-5-3-15(21)4-6-16)13(2)24(12)17-7-8-18(20(25)26)19(22)10-17/h3-11H,1-2H3,(H,25,26). The van der Waals surface area contributed by atoms with Crippen LogP contribution in [0.25, 0.3) is 5.69 Å². The first-order chi connectivity index (χ1) is 12.4. The van der Waals surface area contributed by atoms with Gasteiger partial charge in [0.2, 0.25) is 0 Å². The van der Waals surface area contributed by atoms with E-state index in [0.717, 1.165) is 32.8 Å². The molecule has 1 aromatic heterocycles. The fourth-order valence-corrected chi connectivity index (χ4v) is 3.32. The van der Waals surface area contributed by atoms with Gasteiger partial charge in [-0.15, -0.1) is 0 Å². The SMILES string of the molecule is Cc1cc(C=Nc2ccc(Br)cc2)c(C)n1-c1ccc(C(=O)O)c(Cl)c1. The molecule has 0 saturated heterocycles. The molecule has 0 spiro atoms. The summed E-state index contributed by atoms with van der Waals surface area (Å²) in [6.45, 7) is 3.98. The Morgan fingerprint density at radius 1 is 1.15 bits per heavy atom. The van der Waals surface area contributed by atoms with Gasteiger partial charge in [-0.1, -0.05) is 27.5 Å². The maximum atomic E-state index is 11.1. The molecule has 1 heterocycles. The highest BCUT2D eigenvalue weighted by molar-refractivity contribution is 9.10. The third-order valence-corrected chi connectivity index (χ3v) is 4.93. The molecular formula is C20H16BrClN2O2. The smallest absolute Gasteiger partial charge is 0.337 e. The normalized spacial score (nSPS) is 11.2. The third-order valence-electron chi connectivity index (χ3n) is 4.09. The van der Waals surface area contributed by atoms with Gasteiger partial charge in [0.25, 0.3) is 0 Å². The molecule has 26 heavy (non-hydrogen) atoms. The lowest BCUT2D eigenvalue weighted by molar-refractivity contribution is 0.0697. The first-order valence-electron chi connectivity index (χ1n) is 7.88. The van der Waals surface area contributed by atoms with Crippen molar-refractivity contribution in [2.45, 2.75) is 13.8 Å². The molecule has 0 aliphatic heterocycles. The van der Waals surface area contributed by atoms with E-state index in [1.54, 1.807) is 12.1 Å². The van der Waals surface area contributed by atoms with Gasteiger partial charge in [0.15, 0.2) is 0 Å². The number of halogens is 2. The van der Waals surface area contributed by atoms with Gasteiger partial charge >= 0.3 is 5.97 Å². The van der Waals surface area contributed by atoms with Crippen molar-refractivity contribution in [2.75, 3.05) is 0 Å². The zero-order valence-electron chi connectivity index (χ0n) is 14.2. The molecule has 4 nitrogen and oxygen atoms in total. The van der Waals surface area contributed by atoms with Crippen LogP contribution in [0.2, 0.25) is 5.02 Å². The van der Waals surface area contributed by atoms with Crippen molar-refractivity contribution < 1.29 is 9.90 Å². The molecule has 0 radical (unpaired) electrons. The fraction of sp³-hybridized carbons (Fsp3) is 0.100. The zero-order valence-corrected chi connectivity index (χ0v) is 16.5. The molecule has 6 heteroatoms. The zero-order chi connectivity index (χ0) is 18.8. The van der Waals surface area contributed by atoms with Gasteiger partial charge in [0.05, 0.1) is 16.3 Å². The van der Waals surface area contributed by atoms with Crippen LogP contribution in [0.3, 0.4) is 0 Å². The van der Waals surface area contributed by atoms with Gasteiger partial charge in [0.1, 0.15) is 0 Å². The molecule has 0 unspecified atom stereocenters. The second-order valence-electron chi connectivity index (χ2n) is 5.87. The van der Waals surface area contributed by atoms with Crippen LogP contribution in [0.5, 0.6) is 0 Å². The first-order valence-corrected chi connectivity index (χ1v) is 9.05. The number of benzene rings is 2. The molecule has 0 fully saturated rings. The monoisotopic (exact) mass is 430 g/mol. The number of aromatic carboxylic acids is 1. The maximum absolute atomic E-state index is 11.1. The molecule has 0 atom stereocenters. The second kappa shape index (κ2) is 7.48. The van der Waals surface area contributed by atoms with Gasteiger partial charge in [-0.05, 0) is 62.4 Å². The molecular weight excluding hydrogens is 416 g/mol. The number of aryl methyl sites for hydroxylation is 1. The average Bonchev–Trinajstić information content (AvgIpc) is 2.87. The van der Waals surface area contributed by atoms with Crippen molar-refractivity contribution in [1.82, 2.24) is 4.57 Å². The van der Waals surface area contributed by atoms with Crippen molar-refractivity contribution in [2.24, 2.45) is 4.99 Å². The van der Waals surface area contributed by atoms with Crippen molar-refractivity contribution in [1.29, 1.82) is 0 Å². The minimum absolute atomic E-state index is 0.0925. The molecule has 1 N–H and O–H groups in total. The number of carbonyl (C=O) groups is 1. The first kappa shape index (κ1) is 18.4. The number of carboxylic acids is 1. The van der Waals surface area contributed by atoms with E-state index in [1.165, 1.54) is 6.07 Å². The van der Waals surface area contributed by atoms with Crippen molar-refractivity contribution in [3.8, 4) is 5.69 Å². The van der Waals surface area contributed by atoms with Crippen LogP contribution in [0.15, 0.2) is 58.0 Å². The summed E-state index contributed by atoms with van der Waals surface area (Å²) >= 11 is 9.52. The number of carboxylic acid groups (broad SMARTS) is 1. The number of nitrogens with zero attached hydrogens (tertiary/aromatic N) is 2. The average molecular weight is 432 g/mol. The third kappa shape index (κ3) is 3.74. The van der Waals surface area contributed by atoms with Crippen LogP contribution in [-0.4, -0.2) is 21.9 Å². The Labute approximate surface area is 164 Å². The van der Waals surface area contributed by atoms with E-state index in [0.29, 0.717) is 0 Å². The lowest BCUT2D eigenvalue weighted by Crippen LogP contribution is -2.02. The van der Waals surface area contributed by atoms with Crippen LogP contribution in [-0.2, 0) is 0 Å². The molecule has 0 saturated carbocycles. The van der Waals surface area contributed by atoms with Crippen LogP contribution in [0.1, 0.15) is 27.3 Å². The minimum Gasteiger partial charge on any atom is -0.478 e. The van der Waals surface area contributed by atoms with E-state index in [4.69, 9.17) is 16.7 Å². The Kier molecular flexibility index (Phi) is 5.30. The van der Waals surface area contributed by atoms with Gasteiger partial charge in [-0.2, -0.15) is 0 Å². The van der Waals surface area contributed by atoms with E-state index in [9.17, 15) is 4.79 Å². The fourth-order valence-electron chi connectivity index (χ4n) is 2.80. The van der Waals surface area contributed by atoms with Crippen LogP contribution >= 0.6 is 27.5 Å². The van der Waals surface area contributed by atoms with Crippen LogP contribution in [0, 0.1) is 13.8 Å². The van der Waals surface area contributed by atoms with E-state index in [1.807, 2.05) is 55.0 Å². The highest BCUT2D eigenvalue weighted by Gasteiger charge is 2.13. The summed E-state index contributed by atoms with van der Waals surface area (Å²) in [5.41, 5.74) is 4.78. The summed E-state index contributed by atoms with van der Waals surface area (Å²) in [6, 6.07) is 14.7. The Hall–Kier alpha value is -2.37. The molecule has 3 rings (SSSR count). The molecule has 2 aromatic carbocycles. The number of hydrogen-bond donors (Lipinski definition) is 1. The Balaban J connectivity index is 1.97. The number of hydrogen-bond acceptors (Lipinski definition) is 2. The van der Waals surface area contributed by atoms with E-state index >= 15 is 0 Å². The van der Waals surface area contributed by atoms with E-state index in [2.05, 4.69) is 20.9 Å². The molecule has 132 valence electrons. The highest BCUT2D eigenvalue weighted by atomic mass is 79.9. The summed E-state index contributed by atoms with van der Waals surface area (Å²) in [5.74, 6) is -1.04. The van der Waals surface area contributed by atoms with Crippen molar-refractivity contribution >= 4 is 45.4 Å². The number of aliphatic imine (C=N–C) groups is 1. The lowest BCUT2D eigenvalue weighted by atomic mass is 10.2. The highest BCUT2D eigenvalue weighted by Crippen LogP contribution is 2.25. The van der Waals surface area contributed by atoms with Gasteiger partial charge in [0, 0.05) is 33.3 Å². The topological polar surface area (TPSA) is 54.6 Å². The summed E-state index contributed by atoms with van der Waals surface area (Å²) in [6.07, 6.45) is 1.83. The van der Waals surface area contributed by atoms with E-state index < -0.39 is 5.97 Å². The quantitative estimate of drug-likeness (QED) is 0.518. The largest absolute Gasteiger partial charge is 0.478 e. The molecule has 0 amide bonds. The summed E-state index contributed by atoms with van der Waals surface area (Å²) in [4.78, 5) is 15.7. The van der Waals surface area contributed by atoms with Crippen LogP contribution in [0.4, 0.5) is 5.69 Å². The van der Waals surface area contributed by atoms with Crippen molar-refractivity contribution in [3.63, 3.8) is 0 Å². The van der Waals surface area contributed by atoms with Crippen LogP contribution < -0.4 is 0 Å². The molecule has 0 aliphatic rings. The van der Waals surface area contributed by atoms with Crippen molar-refractivity contribution in [3.05, 3.63) is 80.5 Å². The summed E-state index contributed by atoms with van der Waals surface area (Å²) in [7, 11) is 0.